The topological polar surface area (TPSA) is 96.5 Å². The third kappa shape index (κ3) is 4.18. The minimum absolute atomic E-state index is 0.162. The normalized spacial score (nSPS) is 14.5. The Bertz CT molecular complexity index is 1050. The zero-order valence-corrected chi connectivity index (χ0v) is 17.6. The number of rotatable bonds is 5. The number of fused-ring (bicyclic) bond motifs is 1. The molecule has 1 N–H and O–H groups in total. The smallest absolute Gasteiger partial charge is 0.238 e. The predicted molar refractivity (Wildman–Crippen MR) is 113 cm³/mol. The van der Waals surface area contributed by atoms with E-state index in [-0.39, 0.29) is 5.91 Å². The maximum absolute atomic E-state index is 12.8. The number of anilines is 1. The molecule has 0 unspecified atom stereocenters. The number of nitrogens with zero attached hydrogens (tertiary/aromatic N) is 5. The van der Waals surface area contributed by atoms with E-state index in [0.717, 1.165) is 36.9 Å². The van der Waals surface area contributed by atoms with Gasteiger partial charge < -0.3 is 5.32 Å². The second-order valence-corrected chi connectivity index (χ2v) is 9.25. The molecule has 9 heteroatoms. The molecular formula is C20H20N6OS2. The van der Waals surface area contributed by atoms with Gasteiger partial charge in [0, 0.05) is 4.88 Å². The monoisotopic (exact) mass is 424 g/mol. The van der Waals surface area contributed by atoms with E-state index >= 15 is 0 Å². The van der Waals surface area contributed by atoms with Gasteiger partial charge in [0.25, 0.3) is 0 Å². The zero-order valence-electron chi connectivity index (χ0n) is 16.0. The number of nitrogens with one attached hydrogen (secondary N) is 1. The van der Waals surface area contributed by atoms with E-state index in [1.165, 1.54) is 23.1 Å². The van der Waals surface area contributed by atoms with Crippen molar-refractivity contribution in [3.63, 3.8) is 0 Å². The van der Waals surface area contributed by atoms with Gasteiger partial charge in [-0.25, -0.2) is 0 Å². The lowest BCUT2D eigenvalue weighted by molar-refractivity contribution is -0.115. The molecule has 0 spiro atoms. The van der Waals surface area contributed by atoms with Gasteiger partial charge in [-0.05, 0) is 60.7 Å². The highest BCUT2D eigenvalue weighted by molar-refractivity contribution is 8.00. The second-order valence-electron chi connectivity index (χ2n) is 6.84. The fourth-order valence-electron chi connectivity index (χ4n) is 3.36. The number of thioether (sulfide) groups is 1. The standard InChI is InChI=1S/C20H20N6OS2/c1-13(28-20-23-24-25-26(20)14-8-4-2-5-9-14)18(27)22-19-16(12-21)15-10-6-3-7-11-17(15)29-19/h2,4-5,8-9,13H,3,6-7,10-11H2,1H3,(H,22,27)/t13-/m0/s1. The summed E-state index contributed by atoms with van der Waals surface area (Å²) in [6.45, 7) is 1.81. The number of benzene rings is 1. The lowest BCUT2D eigenvalue weighted by atomic mass is 10.1. The van der Waals surface area contributed by atoms with Crippen LogP contribution < -0.4 is 5.32 Å². The molecule has 3 aromatic rings. The molecule has 0 aliphatic heterocycles. The summed E-state index contributed by atoms with van der Waals surface area (Å²) in [5.74, 6) is -0.162. The molecular weight excluding hydrogens is 404 g/mol. The molecule has 1 atom stereocenters. The van der Waals surface area contributed by atoms with Gasteiger partial charge in [-0.15, -0.1) is 16.4 Å². The number of thiophene rings is 1. The molecule has 1 aromatic carbocycles. The molecule has 1 aliphatic rings. The fourth-order valence-corrected chi connectivity index (χ4v) is 5.41. The van der Waals surface area contributed by atoms with E-state index in [9.17, 15) is 10.1 Å². The number of carbonyl (C=O) groups is 1. The highest BCUT2D eigenvalue weighted by Crippen LogP contribution is 2.37. The third-order valence-corrected chi connectivity index (χ3v) is 7.10. The van der Waals surface area contributed by atoms with Crippen LogP contribution in [-0.2, 0) is 17.6 Å². The van der Waals surface area contributed by atoms with Crippen LogP contribution in [-0.4, -0.2) is 31.4 Å². The van der Waals surface area contributed by atoms with Crippen molar-refractivity contribution in [3.8, 4) is 11.8 Å². The van der Waals surface area contributed by atoms with E-state index in [4.69, 9.17) is 0 Å². The number of para-hydroxylation sites is 1. The molecule has 4 rings (SSSR count). The minimum Gasteiger partial charge on any atom is -0.316 e. The lowest BCUT2D eigenvalue weighted by Gasteiger charge is -2.11. The van der Waals surface area contributed by atoms with Crippen molar-refractivity contribution in [3.05, 3.63) is 46.3 Å². The maximum Gasteiger partial charge on any atom is 0.238 e. The van der Waals surface area contributed by atoms with E-state index in [1.807, 2.05) is 37.3 Å². The van der Waals surface area contributed by atoms with Crippen LogP contribution in [0.3, 0.4) is 0 Å². The summed E-state index contributed by atoms with van der Waals surface area (Å²) in [6, 6.07) is 11.9. The van der Waals surface area contributed by atoms with Gasteiger partial charge in [0.1, 0.15) is 11.1 Å². The quantitative estimate of drug-likeness (QED) is 0.491. The van der Waals surface area contributed by atoms with Gasteiger partial charge in [-0.2, -0.15) is 9.94 Å². The third-order valence-electron chi connectivity index (χ3n) is 4.86. The summed E-state index contributed by atoms with van der Waals surface area (Å²) in [5, 5.41) is 25.2. The van der Waals surface area contributed by atoms with Crippen molar-refractivity contribution in [1.82, 2.24) is 20.2 Å². The van der Waals surface area contributed by atoms with Crippen molar-refractivity contribution in [2.75, 3.05) is 5.32 Å². The average molecular weight is 425 g/mol. The Kier molecular flexibility index (Phi) is 5.92. The SMILES string of the molecule is C[C@H](Sc1nnnn1-c1ccccc1)C(=O)Nc1sc2c(c1C#N)CCCCC2. The lowest BCUT2D eigenvalue weighted by Crippen LogP contribution is -2.23. The van der Waals surface area contributed by atoms with Crippen LogP contribution in [0, 0.1) is 11.3 Å². The Morgan fingerprint density at radius 2 is 2.07 bits per heavy atom. The Morgan fingerprint density at radius 3 is 2.86 bits per heavy atom. The molecule has 29 heavy (non-hydrogen) atoms. The average Bonchev–Trinajstić information content (AvgIpc) is 3.25. The molecule has 0 saturated heterocycles. The van der Waals surface area contributed by atoms with E-state index in [1.54, 1.807) is 16.0 Å². The predicted octanol–water partition coefficient (Wildman–Crippen LogP) is 3.98. The number of amides is 1. The number of aryl methyl sites for hydroxylation is 1. The van der Waals surface area contributed by atoms with Crippen LogP contribution in [0.5, 0.6) is 0 Å². The fraction of sp³-hybridized carbons (Fsp3) is 0.350. The highest BCUT2D eigenvalue weighted by Gasteiger charge is 2.24. The van der Waals surface area contributed by atoms with E-state index in [0.29, 0.717) is 15.7 Å². The van der Waals surface area contributed by atoms with Crippen molar-refractivity contribution in [1.29, 1.82) is 5.26 Å². The Hall–Kier alpha value is -2.70. The minimum atomic E-state index is -0.420. The van der Waals surface area contributed by atoms with Crippen LogP contribution in [0.15, 0.2) is 35.5 Å². The number of aromatic nitrogens is 4. The van der Waals surface area contributed by atoms with Crippen LogP contribution in [0.1, 0.15) is 42.2 Å². The molecule has 7 nitrogen and oxygen atoms in total. The van der Waals surface area contributed by atoms with Crippen LogP contribution in [0.2, 0.25) is 0 Å². The number of nitriles is 1. The van der Waals surface area contributed by atoms with Crippen molar-refractivity contribution in [2.45, 2.75) is 49.4 Å². The number of tetrazole rings is 1. The first-order valence-corrected chi connectivity index (χ1v) is 11.2. The van der Waals surface area contributed by atoms with Gasteiger partial charge in [-0.3, -0.25) is 4.79 Å². The van der Waals surface area contributed by atoms with Gasteiger partial charge >= 0.3 is 0 Å². The number of hydrogen-bond donors (Lipinski definition) is 1. The van der Waals surface area contributed by atoms with Crippen LogP contribution in [0.4, 0.5) is 5.00 Å². The molecule has 1 amide bonds. The largest absolute Gasteiger partial charge is 0.316 e. The van der Waals surface area contributed by atoms with E-state index in [2.05, 4.69) is 26.9 Å². The van der Waals surface area contributed by atoms with Gasteiger partial charge in [0.05, 0.1) is 16.5 Å². The van der Waals surface area contributed by atoms with Crippen molar-refractivity contribution in [2.24, 2.45) is 0 Å². The Labute approximate surface area is 177 Å². The summed E-state index contributed by atoms with van der Waals surface area (Å²) in [4.78, 5) is 14.1. The Morgan fingerprint density at radius 1 is 1.28 bits per heavy atom. The molecule has 0 fully saturated rings. The molecule has 2 aromatic heterocycles. The molecule has 0 radical (unpaired) electrons. The summed E-state index contributed by atoms with van der Waals surface area (Å²) in [6.07, 6.45) is 5.33. The van der Waals surface area contributed by atoms with Crippen molar-refractivity contribution >= 4 is 34.0 Å². The molecule has 2 heterocycles. The second kappa shape index (κ2) is 8.76. The first kappa shape index (κ1) is 19.6. The summed E-state index contributed by atoms with van der Waals surface area (Å²) >= 11 is 2.83. The number of carbonyl (C=O) groups excluding carboxylic acids is 1. The summed E-state index contributed by atoms with van der Waals surface area (Å²) in [5.41, 5.74) is 2.59. The van der Waals surface area contributed by atoms with Crippen LogP contribution >= 0.6 is 23.1 Å². The first-order chi connectivity index (χ1) is 14.2. The summed E-state index contributed by atoms with van der Waals surface area (Å²) in [7, 11) is 0. The number of hydrogen-bond acceptors (Lipinski definition) is 7. The van der Waals surface area contributed by atoms with E-state index < -0.39 is 5.25 Å². The zero-order chi connectivity index (χ0) is 20.2. The van der Waals surface area contributed by atoms with Gasteiger partial charge in [-0.1, -0.05) is 36.4 Å². The van der Waals surface area contributed by atoms with Gasteiger partial charge in [0.2, 0.25) is 11.1 Å². The molecule has 148 valence electrons. The molecule has 1 aliphatic carbocycles. The first-order valence-electron chi connectivity index (χ1n) is 9.53. The molecule has 0 bridgehead atoms. The van der Waals surface area contributed by atoms with Crippen LogP contribution in [0.25, 0.3) is 5.69 Å². The van der Waals surface area contributed by atoms with Crippen molar-refractivity contribution < 1.29 is 4.79 Å². The Balaban J connectivity index is 1.49. The van der Waals surface area contributed by atoms with Gasteiger partial charge in [0.15, 0.2) is 0 Å². The maximum atomic E-state index is 12.8. The summed E-state index contributed by atoms with van der Waals surface area (Å²) < 4.78 is 1.61. The molecule has 0 saturated carbocycles. The highest BCUT2D eigenvalue weighted by atomic mass is 32.2.